The van der Waals surface area contributed by atoms with Crippen molar-refractivity contribution in [2.75, 3.05) is 0 Å². The van der Waals surface area contributed by atoms with Crippen LogP contribution in [0.4, 0.5) is 0 Å². The molecule has 6 atom stereocenters. The van der Waals surface area contributed by atoms with E-state index >= 15 is 0 Å². The molecule has 252 valence electrons. The summed E-state index contributed by atoms with van der Waals surface area (Å²) in [7, 11) is 0. The van der Waals surface area contributed by atoms with Crippen LogP contribution in [0.5, 0.6) is 0 Å². The highest BCUT2D eigenvalue weighted by atomic mass is 16.6. The minimum absolute atomic E-state index is 0.00550. The Balaban J connectivity index is 2.30. The van der Waals surface area contributed by atoms with Crippen molar-refractivity contribution in [1.82, 2.24) is 0 Å². The number of carbonyl (C=O) groups is 4. The molecule has 1 aliphatic carbocycles. The second kappa shape index (κ2) is 16.5. The third-order valence-electron chi connectivity index (χ3n) is 8.09. The van der Waals surface area contributed by atoms with Crippen molar-refractivity contribution >= 4 is 24.2 Å². The van der Waals surface area contributed by atoms with Crippen LogP contribution in [0.1, 0.15) is 107 Å². The Morgan fingerprint density at radius 1 is 0.844 bits per heavy atom. The molecule has 0 spiro atoms. The lowest BCUT2D eigenvalue weighted by atomic mass is 9.68. The molecule has 0 amide bonds. The molecule has 0 heterocycles. The Bertz CT molecular complexity index is 1140. The molecule has 1 aromatic rings. The quantitative estimate of drug-likeness (QED) is 0.0962. The maximum Gasteiger partial charge on any atom is 0.330 e. The minimum Gasteiger partial charge on any atom is -0.459 e. The van der Waals surface area contributed by atoms with E-state index in [9.17, 15) is 19.2 Å². The van der Waals surface area contributed by atoms with E-state index in [1.807, 2.05) is 30.3 Å². The summed E-state index contributed by atoms with van der Waals surface area (Å²) < 4.78 is 23.6. The van der Waals surface area contributed by atoms with Gasteiger partial charge in [0, 0.05) is 24.8 Å². The van der Waals surface area contributed by atoms with E-state index in [1.54, 1.807) is 41.5 Å². The fourth-order valence-electron chi connectivity index (χ4n) is 5.29. The highest BCUT2D eigenvalue weighted by Gasteiger charge is 2.38. The van der Waals surface area contributed by atoms with Crippen LogP contribution in [0.25, 0.3) is 0 Å². The number of esters is 3. The van der Waals surface area contributed by atoms with E-state index in [2.05, 4.69) is 27.7 Å². The van der Waals surface area contributed by atoms with Gasteiger partial charge in [-0.3, -0.25) is 14.4 Å². The molecule has 1 fully saturated rings. The molecule has 0 unspecified atom stereocenters. The Morgan fingerprint density at radius 2 is 1.40 bits per heavy atom. The van der Waals surface area contributed by atoms with Gasteiger partial charge in [0.1, 0.15) is 12.2 Å². The Kier molecular flexibility index (Phi) is 14.0. The lowest BCUT2D eigenvalue weighted by Gasteiger charge is -2.41. The summed E-state index contributed by atoms with van der Waals surface area (Å²) in [5.74, 6) is -0.747. The maximum atomic E-state index is 13.1. The third-order valence-corrected chi connectivity index (χ3v) is 8.09. The molecule has 0 aromatic heterocycles. The van der Waals surface area contributed by atoms with Crippen LogP contribution in [-0.4, -0.2) is 48.6 Å². The molecule has 0 radical (unpaired) electrons. The van der Waals surface area contributed by atoms with E-state index in [1.165, 1.54) is 12.2 Å². The van der Waals surface area contributed by atoms with Gasteiger partial charge in [-0.2, -0.15) is 0 Å². The lowest BCUT2D eigenvalue weighted by Crippen LogP contribution is -2.39. The largest absolute Gasteiger partial charge is 0.459 e. The van der Waals surface area contributed by atoms with Crippen molar-refractivity contribution in [3.05, 3.63) is 48.0 Å². The first-order valence-electron chi connectivity index (χ1n) is 16.2. The fourth-order valence-corrected chi connectivity index (χ4v) is 5.29. The Labute approximate surface area is 270 Å². The maximum absolute atomic E-state index is 13.1. The normalized spacial score (nSPS) is 21.4. The first kappa shape index (κ1) is 38.2. The van der Waals surface area contributed by atoms with Crippen molar-refractivity contribution in [2.45, 2.75) is 132 Å². The van der Waals surface area contributed by atoms with Gasteiger partial charge in [-0.05, 0) is 77.4 Å². The number of carbonyl (C=O) groups excluding carboxylic acids is 4. The first-order chi connectivity index (χ1) is 20.8. The van der Waals surface area contributed by atoms with Crippen molar-refractivity contribution in [1.29, 1.82) is 0 Å². The summed E-state index contributed by atoms with van der Waals surface area (Å²) in [6.45, 7) is 19.3. The second-order valence-corrected chi connectivity index (χ2v) is 15.6. The van der Waals surface area contributed by atoms with Crippen LogP contribution in [0.2, 0.25) is 0 Å². The molecule has 2 rings (SSSR count). The van der Waals surface area contributed by atoms with Gasteiger partial charge in [-0.1, -0.05) is 64.4 Å². The SMILES string of the molecule is C[C@@H]1CC[C@@H](C(C)(C)C)[C@H](OC(=O)/C=C\[C@@H](C[C@H](C[C@@H](C=O)OC(=O)C(C)(C)C)OCc2ccccc2)OC(=O)C(C)(C)C)C1. The highest BCUT2D eigenvalue weighted by Crippen LogP contribution is 2.41. The molecule has 1 saturated carbocycles. The van der Waals surface area contributed by atoms with Gasteiger partial charge >= 0.3 is 17.9 Å². The summed E-state index contributed by atoms with van der Waals surface area (Å²) >= 11 is 0. The molecule has 1 aliphatic rings. The standard InChI is InChI=1S/C37H56O8/c1-25-16-18-30(35(2,3)4)31(20-25)45-32(39)19-17-27(43-33(40)36(5,6)7)21-28(42-24-26-14-12-11-13-15-26)22-29(23-38)44-34(41)37(8,9)10/h11-15,17,19,23,25,27-31H,16,18,20-22,24H2,1-10H3/b19-17-/t25-,27+,28-,29+,30-,31-/m1/s1. The van der Waals surface area contributed by atoms with E-state index in [4.69, 9.17) is 18.9 Å². The van der Waals surface area contributed by atoms with Crippen molar-refractivity contribution in [3.8, 4) is 0 Å². The smallest absolute Gasteiger partial charge is 0.330 e. The topological polar surface area (TPSA) is 105 Å². The summed E-state index contributed by atoms with van der Waals surface area (Å²) in [5.41, 5.74) is -0.681. The zero-order chi connectivity index (χ0) is 34.0. The molecule has 0 aliphatic heterocycles. The van der Waals surface area contributed by atoms with Gasteiger partial charge in [0.15, 0.2) is 12.4 Å². The molecule has 0 saturated heterocycles. The number of ether oxygens (including phenoxy) is 4. The predicted molar refractivity (Wildman–Crippen MR) is 174 cm³/mol. The van der Waals surface area contributed by atoms with Crippen LogP contribution in [0.15, 0.2) is 42.5 Å². The van der Waals surface area contributed by atoms with Crippen molar-refractivity contribution < 1.29 is 38.1 Å². The Morgan fingerprint density at radius 3 is 1.93 bits per heavy atom. The van der Waals surface area contributed by atoms with Crippen LogP contribution in [0, 0.1) is 28.1 Å². The fraction of sp³-hybridized carbons (Fsp3) is 0.676. The van der Waals surface area contributed by atoms with Crippen LogP contribution >= 0.6 is 0 Å². The van der Waals surface area contributed by atoms with Gasteiger partial charge in [-0.25, -0.2) is 4.79 Å². The van der Waals surface area contributed by atoms with E-state index < -0.39 is 47.0 Å². The van der Waals surface area contributed by atoms with Gasteiger partial charge in [-0.15, -0.1) is 0 Å². The summed E-state index contributed by atoms with van der Waals surface area (Å²) in [5, 5.41) is 0. The summed E-state index contributed by atoms with van der Waals surface area (Å²) in [6.07, 6.45) is 3.74. The molecule has 1 aromatic carbocycles. The second-order valence-electron chi connectivity index (χ2n) is 15.6. The lowest BCUT2D eigenvalue weighted by molar-refractivity contribution is -0.163. The van der Waals surface area contributed by atoms with Crippen LogP contribution < -0.4 is 0 Å². The van der Waals surface area contributed by atoms with Gasteiger partial charge < -0.3 is 18.9 Å². The third kappa shape index (κ3) is 13.5. The number of benzene rings is 1. The van der Waals surface area contributed by atoms with Gasteiger partial charge in [0.05, 0.1) is 23.5 Å². The molecule has 0 N–H and O–H groups in total. The number of hydrogen-bond acceptors (Lipinski definition) is 8. The summed E-state index contributed by atoms with van der Waals surface area (Å²) in [4.78, 5) is 50.7. The van der Waals surface area contributed by atoms with E-state index in [-0.39, 0.29) is 36.9 Å². The molecule has 0 bridgehead atoms. The molecular weight excluding hydrogens is 572 g/mol. The van der Waals surface area contributed by atoms with Crippen LogP contribution in [-0.2, 0) is 44.7 Å². The average Bonchev–Trinajstić information content (AvgIpc) is 2.92. The molecular formula is C37H56O8. The number of aldehydes is 1. The van der Waals surface area contributed by atoms with E-state index in [0.29, 0.717) is 12.2 Å². The predicted octanol–water partition coefficient (Wildman–Crippen LogP) is 7.42. The number of hydrogen-bond donors (Lipinski definition) is 0. The number of rotatable bonds is 13. The van der Waals surface area contributed by atoms with Crippen molar-refractivity contribution in [2.24, 2.45) is 28.1 Å². The minimum atomic E-state index is -1.06. The van der Waals surface area contributed by atoms with Crippen LogP contribution in [0.3, 0.4) is 0 Å². The monoisotopic (exact) mass is 628 g/mol. The Hall–Kier alpha value is -3.00. The van der Waals surface area contributed by atoms with Crippen molar-refractivity contribution in [3.63, 3.8) is 0 Å². The van der Waals surface area contributed by atoms with E-state index in [0.717, 1.165) is 24.8 Å². The molecule has 45 heavy (non-hydrogen) atoms. The van der Waals surface area contributed by atoms with Gasteiger partial charge in [0.25, 0.3) is 0 Å². The molecule has 8 heteroatoms. The zero-order valence-corrected chi connectivity index (χ0v) is 29.1. The summed E-state index contributed by atoms with van der Waals surface area (Å²) in [6, 6.07) is 9.52. The molecule has 8 nitrogen and oxygen atoms in total. The van der Waals surface area contributed by atoms with Gasteiger partial charge in [0.2, 0.25) is 0 Å². The zero-order valence-electron chi connectivity index (χ0n) is 29.1. The average molecular weight is 629 g/mol. The highest BCUT2D eigenvalue weighted by molar-refractivity contribution is 5.82. The first-order valence-corrected chi connectivity index (χ1v) is 16.2.